The van der Waals surface area contributed by atoms with Crippen LogP contribution in [0.5, 0.6) is 0 Å². The lowest BCUT2D eigenvalue weighted by atomic mass is 10.1. The van der Waals surface area contributed by atoms with Crippen LogP contribution in [0.2, 0.25) is 0 Å². The molecule has 3 aromatic rings. The summed E-state index contributed by atoms with van der Waals surface area (Å²) in [5.74, 6) is 0.249. The molecule has 1 saturated heterocycles. The van der Waals surface area contributed by atoms with Crippen molar-refractivity contribution in [3.05, 3.63) is 72.1 Å². The molecule has 0 spiro atoms. The number of rotatable bonds is 4. The fourth-order valence-electron chi connectivity index (χ4n) is 3.15. The number of aromatic nitrogens is 2. The maximum atomic E-state index is 13.1. The number of hydrogen-bond acceptors (Lipinski definition) is 5. The summed E-state index contributed by atoms with van der Waals surface area (Å²) in [5.41, 5.74) is 2.84. The normalized spacial score (nSPS) is 17.7. The van der Waals surface area contributed by atoms with Crippen LogP contribution in [0.4, 0.5) is 4.39 Å². The van der Waals surface area contributed by atoms with E-state index in [0.717, 1.165) is 30.9 Å². The molecule has 136 valence electrons. The Morgan fingerprint density at radius 1 is 1.23 bits per heavy atom. The van der Waals surface area contributed by atoms with Crippen LogP contribution in [-0.2, 0) is 6.54 Å². The monoisotopic (exact) mass is 374 g/mol. The van der Waals surface area contributed by atoms with Crippen molar-refractivity contribution in [2.45, 2.75) is 12.6 Å². The maximum Gasteiger partial charge on any atom is 0.226 e. The van der Waals surface area contributed by atoms with E-state index in [2.05, 4.69) is 26.3 Å². The molecule has 1 fully saturated rings. The summed E-state index contributed by atoms with van der Waals surface area (Å²) < 4.78 is 18.6. The molecule has 2 aromatic heterocycles. The number of pyridine rings is 1. The lowest BCUT2D eigenvalue weighted by Crippen LogP contribution is -2.45. The zero-order valence-corrected chi connectivity index (χ0v) is 15.0. The Morgan fingerprint density at radius 2 is 2.08 bits per heavy atom. The van der Waals surface area contributed by atoms with E-state index in [1.54, 1.807) is 24.6 Å². The number of nitrogens with one attached hydrogen (secondary N) is 1. The molecule has 0 saturated carbocycles. The molecule has 1 aliphatic heterocycles. The van der Waals surface area contributed by atoms with Gasteiger partial charge in [0, 0.05) is 50.2 Å². The standard InChI is InChI=1S/C19H19FN4O.ClH/c20-16-5-3-14(4-6-16)19-23-17(13-25-19)12-24-9-8-22-11-18(24)15-2-1-7-21-10-15;/h1-7,10,13,18,22H,8-9,11-12H2;1H. The van der Waals surface area contributed by atoms with Crippen LogP contribution in [0.25, 0.3) is 11.5 Å². The van der Waals surface area contributed by atoms with Crippen molar-refractivity contribution < 1.29 is 8.81 Å². The van der Waals surface area contributed by atoms with E-state index in [0.29, 0.717) is 12.4 Å². The molecule has 0 amide bonds. The topological polar surface area (TPSA) is 54.2 Å². The number of oxazole rings is 1. The van der Waals surface area contributed by atoms with Gasteiger partial charge < -0.3 is 9.73 Å². The van der Waals surface area contributed by atoms with Crippen LogP contribution in [-0.4, -0.2) is 34.5 Å². The SMILES string of the molecule is Cl.Fc1ccc(-c2nc(CN3CCNCC3c3cccnc3)co2)cc1. The van der Waals surface area contributed by atoms with Crippen LogP contribution >= 0.6 is 12.4 Å². The van der Waals surface area contributed by atoms with E-state index >= 15 is 0 Å². The highest BCUT2D eigenvalue weighted by atomic mass is 35.5. The van der Waals surface area contributed by atoms with Gasteiger partial charge in [0.15, 0.2) is 0 Å². The van der Waals surface area contributed by atoms with Gasteiger partial charge in [-0.05, 0) is 35.9 Å². The minimum Gasteiger partial charge on any atom is -0.444 e. The summed E-state index contributed by atoms with van der Waals surface area (Å²) in [7, 11) is 0. The van der Waals surface area contributed by atoms with Gasteiger partial charge in [-0.15, -0.1) is 12.4 Å². The minimum atomic E-state index is -0.268. The molecule has 3 heterocycles. The summed E-state index contributed by atoms with van der Waals surface area (Å²) in [6.45, 7) is 3.46. The van der Waals surface area contributed by atoms with E-state index in [1.165, 1.54) is 17.7 Å². The highest BCUT2D eigenvalue weighted by Crippen LogP contribution is 2.25. The van der Waals surface area contributed by atoms with Gasteiger partial charge in [-0.25, -0.2) is 9.37 Å². The summed E-state index contributed by atoms with van der Waals surface area (Å²) in [5, 5.41) is 3.44. The molecule has 0 aliphatic carbocycles. The van der Waals surface area contributed by atoms with Crippen LogP contribution in [0.3, 0.4) is 0 Å². The summed E-state index contributed by atoms with van der Waals surface area (Å²) in [6, 6.07) is 10.5. The van der Waals surface area contributed by atoms with E-state index < -0.39 is 0 Å². The Labute approximate surface area is 157 Å². The van der Waals surface area contributed by atoms with Crippen molar-refractivity contribution >= 4 is 12.4 Å². The highest BCUT2D eigenvalue weighted by Gasteiger charge is 2.25. The second kappa shape index (κ2) is 8.40. The molecule has 1 N–H and O–H groups in total. The van der Waals surface area contributed by atoms with Crippen LogP contribution in [0.1, 0.15) is 17.3 Å². The van der Waals surface area contributed by atoms with E-state index in [4.69, 9.17) is 4.42 Å². The lowest BCUT2D eigenvalue weighted by molar-refractivity contribution is 0.151. The third-order valence-corrected chi connectivity index (χ3v) is 4.43. The Balaban J connectivity index is 0.00000196. The second-order valence-electron chi connectivity index (χ2n) is 6.13. The van der Waals surface area contributed by atoms with E-state index in [9.17, 15) is 4.39 Å². The first-order valence-electron chi connectivity index (χ1n) is 8.34. The molecule has 4 rings (SSSR count). The fourth-order valence-corrected chi connectivity index (χ4v) is 3.15. The molecule has 5 nitrogen and oxygen atoms in total. The Bertz CT molecular complexity index is 825. The summed E-state index contributed by atoms with van der Waals surface area (Å²) in [4.78, 5) is 11.2. The second-order valence-corrected chi connectivity index (χ2v) is 6.13. The van der Waals surface area contributed by atoms with E-state index in [1.807, 2.05) is 12.3 Å². The zero-order chi connectivity index (χ0) is 17.1. The molecule has 1 atom stereocenters. The van der Waals surface area contributed by atoms with Crippen LogP contribution in [0.15, 0.2) is 59.5 Å². The quantitative estimate of drug-likeness (QED) is 0.758. The van der Waals surface area contributed by atoms with E-state index in [-0.39, 0.29) is 24.3 Å². The molecular formula is C19H20ClFN4O. The predicted molar refractivity (Wildman–Crippen MR) is 99.4 cm³/mol. The van der Waals surface area contributed by atoms with Gasteiger partial charge in [-0.1, -0.05) is 6.07 Å². The molecule has 0 radical (unpaired) electrons. The first kappa shape index (κ1) is 18.5. The minimum absolute atomic E-state index is 0. The average molecular weight is 375 g/mol. The van der Waals surface area contributed by atoms with Gasteiger partial charge >= 0.3 is 0 Å². The van der Waals surface area contributed by atoms with Crippen molar-refractivity contribution in [1.29, 1.82) is 0 Å². The highest BCUT2D eigenvalue weighted by molar-refractivity contribution is 5.85. The van der Waals surface area contributed by atoms with Gasteiger partial charge in [0.1, 0.15) is 12.1 Å². The zero-order valence-electron chi connectivity index (χ0n) is 14.1. The Morgan fingerprint density at radius 3 is 2.85 bits per heavy atom. The average Bonchev–Trinajstić information content (AvgIpc) is 3.12. The third kappa shape index (κ3) is 4.09. The van der Waals surface area contributed by atoms with Crippen molar-refractivity contribution in [2.24, 2.45) is 0 Å². The summed E-state index contributed by atoms with van der Waals surface area (Å²) >= 11 is 0. The van der Waals surface area contributed by atoms with Gasteiger partial charge in [0.2, 0.25) is 5.89 Å². The van der Waals surface area contributed by atoms with Gasteiger partial charge in [0.25, 0.3) is 0 Å². The first-order chi connectivity index (χ1) is 12.3. The largest absolute Gasteiger partial charge is 0.444 e. The van der Waals surface area contributed by atoms with Crippen molar-refractivity contribution in [2.75, 3.05) is 19.6 Å². The predicted octanol–water partition coefficient (Wildman–Crippen LogP) is 3.44. The number of piperazine rings is 1. The number of nitrogens with zero attached hydrogens (tertiary/aromatic N) is 3. The van der Waals surface area contributed by atoms with Crippen LogP contribution < -0.4 is 5.32 Å². The van der Waals surface area contributed by atoms with Crippen LogP contribution in [0, 0.1) is 5.82 Å². The molecule has 0 bridgehead atoms. The number of hydrogen-bond donors (Lipinski definition) is 1. The molecule has 1 aliphatic rings. The summed E-state index contributed by atoms with van der Waals surface area (Å²) in [6.07, 6.45) is 5.38. The Hall–Kier alpha value is -2.28. The number of halogens is 2. The molecular weight excluding hydrogens is 355 g/mol. The third-order valence-electron chi connectivity index (χ3n) is 4.43. The molecule has 7 heteroatoms. The van der Waals surface area contributed by atoms with Gasteiger partial charge in [-0.3, -0.25) is 9.88 Å². The number of benzene rings is 1. The lowest BCUT2D eigenvalue weighted by Gasteiger charge is -2.35. The fraction of sp³-hybridized carbons (Fsp3) is 0.263. The molecule has 1 unspecified atom stereocenters. The van der Waals surface area contributed by atoms with Crippen molar-refractivity contribution in [3.8, 4) is 11.5 Å². The Kier molecular flexibility index (Phi) is 5.98. The van der Waals surface area contributed by atoms with Gasteiger partial charge in [-0.2, -0.15) is 0 Å². The van der Waals surface area contributed by atoms with Crippen molar-refractivity contribution in [1.82, 2.24) is 20.2 Å². The molecule has 1 aromatic carbocycles. The van der Waals surface area contributed by atoms with Gasteiger partial charge in [0.05, 0.1) is 5.69 Å². The van der Waals surface area contributed by atoms with Crippen molar-refractivity contribution in [3.63, 3.8) is 0 Å². The smallest absolute Gasteiger partial charge is 0.226 e. The molecule has 26 heavy (non-hydrogen) atoms. The maximum absolute atomic E-state index is 13.1. The first-order valence-corrected chi connectivity index (χ1v) is 8.34.